The second-order valence-corrected chi connectivity index (χ2v) is 11.5. The van der Waals surface area contributed by atoms with Crippen LogP contribution in [0.25, 0.3) is 5.69 Å². The Morgan fingerprint density at radius 1 is 0.900 bits per heavy atom. The minimum absolute atomic E-state index is 0.604. The molecule has 2 aromatic carbocycles. The molecule has 0 saturated carbocycles. The van der Waals surface area contributed by atoms with E-state index < -0.39 is 6.42 Å². The zero-order valence-corrected chi connectivity index (χ0v) is 18.8. The Balaban J connectivity index is 1.72. The van der Waals surface area contributed by atoms with Crippen LogP contribution in [-0.4, -0.2) is 33.4 Å². The second-order valence-electron chi connectivity index (χ2n) is 7.77. The van der Waals surface area contributed by atoms with Gasteiger partial charge in [0.15, 0.2) is 5.82 Å². The highest BCUT2D eigenvalue weighted by atomic mass is 32.4. The highest BCUT2D eigenvalue weighted by Crippen LogP contribution is 2.56. The molecule has 1 aromatic heterocycles. The summed E-state index contributed by atoms with van der Waals surface area (Å²) in [6.07, 6.45) is 2.30. The first kappa shape index (κ1) is 19.7. The van der Waals surface area contributed by atoms with Gasteiger partial charge >= 0.3 is 0 Å². The van der Waals surface area contributed by atoms with E-state index in [1.54, 1.807) is 0 Å². The molecule has 2 aliphatic rings. The average Bonchev–Trinajstić information content (AvgIpc) is 2.95. The van der Waals surface area contributed by atoms with E-state index in [1.807, 2.05) is 60.1 Å². The molecule has 0 spiro atoms. The van der Waals surface area contributed by atoms with E-state index >= 15 is 0 Å². The summed E-state index contributed by atoms with van der Waals surface area (Å²) in [7, 11) is 0. The molecule has 1 unspecified atom stereocenters. The number of aromatic nitrogens is 2. The van der Waals surface area contributed by atoms with Crippen molar-refractivity contribution < 1.29 is 4.52 Å². The fraction of sp³-hybridized carbons (Fsp3) is 0.304. The molecule has 3 aromatic rings. The molecule has 30 heavy (non-hydrogen) atoms. The van der Waals surface area contributed by atoms with Crippen molar-refractivity contribution in [2.24, 2.45) is 4.99 Å². The Morgan fingerprint density at radius 3 is 2.20 bits per heavy atom. The summed E-state index contributed by atoms with van der Waals surface area (Å²) < 4.78 is 11.0. The van der Waals surface area contributed by atoms with E-state index in [1.165, 1.54) is 12.8 Å². The number of hydrogen-bond acceptors (Lipinski definition) is 4. The van der Waals surface area contributed by atoms with Gasteiger partial charge in [-0.2, -0.15) is 10.1 Å². The van der Waals surface area contributed by atoms with Crippen molar-refractivity contribution in [3.8, 4) is 5.69 Å². The summed E-state index contributed by atoms with van der Waals surface area (Å²) in [5.74, 6) is 1.42. The van der Waals surface area contributed by atoms with Gasteiger partial charge in [0.05, 0.1) is 11.4 Å². The van der Waals surface area contributed by atoms with E-state index in [-0.39, 0.29) is 0 Å². The van der Waals surface area contributed by atoms with Gasteiger partial charge in [0.25, 0.3) is 0 Å². The molecule has 1 saturated heterocycles. The highest BCUT2D eigenvalue weighted by Gasteiger charge is 2.41. The standard InChI is InChI=1S/C23H25N4OPS/c1-18-21-22(27(25-18)20-14-8-5-9-15-20)24-23(19-12-6-4-7-13-19)28-29(21,30)26-16-10-2-3-11-17-26/h4-9,12-15H,2-3,10-11,16-17H2,1H3. The van der Waals surface area contributed by atoms with Crippen molar-refractivity contribution in [2.75, 3.05) is 13.1 Å². The minimum atomic E-state index is -2.51. The summed E-state index contributed by atoms with van der Waals surface area (Å²) in [5, 5.41) is 5.87. The lowest BCUT2D eigenvalue weighted by Crippen LogP contribution is -2.32. The number of para-hydroxylation sites is 1. The molecule has 0 bridgehead atoms. The summed E-state index contributed by atoms with van der Waals surface area (Å²) in [6.45, 7) is 3.97. The topological polar surface area (TPSA) is 42.7 Å². The van der Waals surface area contributed by atoms with Crippen LogP contribution in [0.5, 0.6) is 0 Å². The number of fused-ring (bicyclic) bond motifs is 1. The van der Waals surface area contributed by atoms with Crippen LogP contribution in [0.2, 0.25) is 0 Å². The maximum absolute atomic E-state index is 6.66. The molecule has 0 radical (unpaired) electrons. The largest absolute Gasteiger partial charge is 0.431 e. The third-order valence-electron chi connectivity index (χ3n) is 5.68. The Kier molecular flexibility index (Phi) is 5.32. The van der Waals surface area contributed by atoms with Gasteiger partial charge in [-0.25, -0.2) is 9.35 Å². The highest BCUT2D eigenvalue weighted by molar-refractivity contribution is 8.15. The lowest BCUT2D eigenvalue weighted by atomic mass is 10.2. The molecule has 5 nitrogen and oxygen atoms in total. The molecule has 0 N–H and O–H groups in total. The van der Waals surface area contributed by atoms with Crippen molar-refractivity contribution >= 4 is 35.2 Å². The molecule has 7 heteroatoms. The van der Waals surface area contributed by atoms with Gasteiger partial charge in [-0.05, 0) is 55.8 Å². The number of aliphatic imine (C=N–C) groups is 1. The van der Waals surface area contributed by atoms with E-state index in [0.717, 1.165) is 54.0 Å². The van der Waals surface area contributed by atoms with Crippen LogP contribution in [0.1, 0.15) is 36.9 Å². The Hall–Kier alpha value is -2.27. The maximum atomic E-state index is 6.66. The van der Waals surface area contributed by atoms with Crippen LogP contribution in [0.4, 0.5) is 5.82 Å². The molecule has 2 aliphatic heterocycles. The number of aryl methyl sites for hydroxylation is 1. The third kappa shape index (κ3) is 3.43. The van der Waals surface area contributed by atoms with Crippen molar-refractivity contribution in [3.63, 3.8) is 0 Å². The molecule has 3 heterocycles. The van der Waals surface area contributed by atoms with Gasteiger partial charge in [-0.15, -0.1) is 0 Å². The molecule has 0 aliphatic carbocycles. The van der Waals surface area contributed by atoms with Crippen molar-refractivity contribution in [3.05, 3.63) is 71.9 Å². The molecule has 1 atom stereocenters. The second kappa shape index (κ2) is 8.10. The smallest absolute Gasteiger partial charge is 0.227 e. The van der Waals surface area contributed by atoms with Gasteiger partial charge in [-0.1, -0.05) is 49.2 Å². The summed E-state index contributed by atoms with van der Waals surface area (Å²) >= 11 is 6.40. The minimum Gasteiger partial charge on any atom is -0.431 e. The van der Waals surface area contributed by atoms with Crippen LogP contribution >= 0.6 is 6.42 Å². The fourth-order valence-electron chi connectivity index (χ4n) is 4.18. The molecule has 154 valence electrons. The number of benzene rings is 2. The predicted octanol–water partition coefficient (Wildman–Crippen LogP) is 5.10. The Labute approximate surface area is 182 Å². The van der Waals surface area contributed by atoms with Gasteiger partial charge in [0.1, 0.15) is 5.30 Å². The van der Waals surface area contributed by atoms with Crippen molar-refractivity contribution in [1.29, 1.82) is 0 Å². The lowest BCUT2D eigenvalue weighted by Gasteiger charge is -2.36. The number of hydrogen-bond donors (Lipinski definition) is 0. The first-order valence-electron chi connectivity index (χ1n) is 10.5. The molecule has 1 fully saturated rings. The normalized spacial score (nSPS) is 22.0. The Bertz CT molecular complexity index is 1120. The zero-order valence-electron chi connectivity index (χ0n) is 17.1. The predicted molar refractivity (Wildman–Crippen MR) is 126 cm³/mol. The number of rotatable bonds is 3. The lowest BCUT2D eigenvalue weighted by molar-refractivity contribution is 0.425. The van der Waals surface area contributed by atoms with Crippen LogP contribution in [0.15, 0.2) is 65.7 Å². The van der Waals surface area contributed by atoms with Crippen LogP contribution in [0, 0.1) is 6.92 Å². The quantitative estimate of drug-likeness (QED) is 0.536. The third-order valence-corrected chi connectivity index (χ3v) is 9.80. The van der Waals surface area contributed by atoms with Crippen LogP contribution in [-0.2, 0) is 16.3 Å². The summed E-state index contributed by atoms with van der Waals surface area (Å²) in [4.78, 5) is 4.96. The summed E-state index contributed by atoms with van der Waals surface area (Å²) in [6, 6.07) is 20.2. The molecular formula is C23H25N4OPS. The van der Waals surface area contributed by atoms with Crippen LogP contribution in [0.3, 0.4) is 0 Å². The monoisotopic (exact) mass is 436 g/mol. The molecular weight excluding hydrogens is 411 g/mol. The SMILES string of the molecule is Cc1nn(-c2ccccc2)c2c1P(=S)(N1CCCCCC1)OC(c1ccccc1)=N2. The fourth-order valence-corrected chi connectivity index (χ4v) is 8.05. The van der Waals surface area contributed by atoms with E-state index in [4.69, 9.17) is 26.4 Å². The summed E-state index contributed by atoms with van der Waals surface area (Å²) in [5.41, 5.74) is 2.85. The van der Waals surface area contributed by atoms with E-state index in [0.29, 0.717) is 5.90 Å². The van der Waals surface area contributed by atoms with Gasteiger partial charge in [0, 0.05) is 18.7 Å². The van der Waals surface area contributed by atoms with Crippen molar-refractivity contribution in [2.45, 2.75) is 32.6 Å². The Morgan fingerprint density at radius 2 is 1.53 bits per heavy atom. The first-order valence-corrected chi connectivity index (χ1v) is 13.2. The maximum Gasteiger partial charge on any atom is 0.227 e. The zero-order chi connectivity index (χ0) is 20.6. The number of nitrogens with zero attached hydrogens (tertiary/aromatic N) is 4. The van der Waals surface area contributed by atoms with Gasteiger partial charge in [0.2, 0.25) is 12.3 Å². The van der Waals surface area contributed by atoms with Gasteiger partial charge < -0.3 is 4.52 Å². The van der Waals surface area contributed by atoms with E-state index in [2.05, 4.69) is 16.8 Å². The van der Waals surface area contributed by atoms with E-state index in [9.17, 15) is 0 Å². The molecule has 0 amide bonds. The molecule has 5 rings (SSSR count). The average molecular weight is 437 g/mol. The van der Waals surface area contributed by atoms with Crippen LogP contribution < -0.4 is 5.30 Å². The van der Waals surface area contributed by atoms with Crippen molar-refractivity contribution in [1.82, 2.24) is 14.5 Å². The van der Waals surface area contributed by atoms with Gasteiger partial charge in [-0.3, -0.25) is 0 Å². The first-order chi connectivity index (χ1) is 14.7.